The van der Waals surface area contributed by atoms with Gasteiger partial charge in [0.2, 0.25) is 10.0 Å². The van der Waals surface area contributed by atoms with E-state index in [9.17, 15) is 8.42 Å². The number of nitrogens with zero attached hydrogens (tertiary/aromatic N) is 2. The second-order valence-electron chi connectivity index (χ2n) is 4.75. The van der Waals surface area contributed by atoms with E-state index in [1.54, 1.807) is 4.31 Å². The second-order valence-corrected chi connectivity index (χ2v) is 6.84. The summed E-state index contributed by atoms with van der Waals surface area (Å²) in [5.74, 6) is 0.961. The van der Waals surface area contributed by atoms with Gasteiger partial charge in [0.25, 0.3) is 0 Å². The van der Waals surface area contributed by atoms with E-state index in [2.05, 4.69) is 4.90 Å². The first-order valence-corrected chi connectivity index (χ1v) is 7.63. The van der Waals surface area contributed by atoms with Crippen LogP contribution in [0.3, 0.4) is 0 Å². The molecule has 1 aliphatic heterocycles. The zero-order chi connectivity index (χ0) is 11.6. The van der Waals surface area contributed by atoms with Crippen LogP contribution in [0.4, 0.5) is 0 Å². The molecule has 0 radical (unpaired) electrons. The summed E-state index contributed by atoms with van der Waals surface area (Å²) < 4.78 is 25.1. The van der Waals surface area contributed by atoms with E-state index in [0.29, 0.717) is 13.1 Å². The summed E-state index contributed by atoms with van der Waals surface area (Å²) in [6.07, 6.45) is 2.71. The Morgan fingerprint density at radius 2 is 1.75 bits per heavy atom. The predicted molar refractivity (Wildman–Crippen MR) is 63.6 cm³/mol. The first kappa shape index (κ1) is 12.3. The number of piperazine rings is 1. The van der Waals surface area contributed by atoms with Gasteiger partial charge in [-0.15, -0.1) is 0 Å². The van der Waals surface area contributed by atoms with E-state index in [4.69, 9.17) is 5.73 Å². The molecule has 0 aromatic heterocycles. The first-order chi connectivity index (χ1) is 7.62. The first-order valence-electron chi connectivity index (χ1n) is 6.02. The van der Waals surface area contributed by atoms with E-state index in [1.165, 1.54) is 12.8 Å². The van der Waals surface area contributed by atoms with Crippen LogP contribution in [0.2, 0.25) is 0 Å². The number of sulfonamides is 1. The van der Waals surface area contributed by atoms with Gasteiger partial charge in [-0.05, 0) is 18.8 Å². The highest BCUT2D eigenvalue weighted by molar-refractivity contribution is 7.89. The third-order valence-corrected chi connectivity index (χ3v) is 5.22. The van der Waals surface area contributed by atoms with Crippen molar-refractivity contribution in [3.63, 3.8) is 0 Å². The minimum Gasteiger partial charge on any atom is -0.329 e. The van der Waals surface area contributed by atoms with Crippen LogP contribution in [-0.2, 0) is 10.0 Å². The Labute approximate surface area is 97.6 Å². The molecule has 0 aromatic rings. The van der Waals surface area contributed by atoms with Crippen molar-refractivity contribution in [3.8, 4) is 0 Å². The van der Waals surface area contributed by atoms with Gasteiger partial charge in [0.1, 0.15) is 0 Å². The van der Waals surface area contributed by atoms with Crippen molar-refractivity contribution in [3.05, 3.63) is 0 Å². The molecule has 1 aliphatic carbocycles. The number of rotatable bonds is 5. The van der Waals surface area contributed by atoms with E-state index in [1.807, 2.05) is 0 Å². The SMILES string of the molecule is NCCS(=O)(=O)N1CCN(CC2CC2)CC1. The van der Waals surface area contributed by atoms with Crippen molar-refractivity contribution in [2.75, 3.05) is 45.0 Å². The van der Waals surface area contributed by atoms with Crippen molar-refractivity contribution in [2.24, 2.45) is 11.7 Å². The standard InChI is InChI=1S/C10H21N3O2S/c11-3-8-16(14,15)13-6-4-12(5-7-13)9-10-1-2-10/h10H,1-9,11H2. The van der Waals surface area contributed by atoms with E-state index in [-0.39, 0.29) is 12.3 Å². The highest BCUT2D eigenvalue weighted by Crippen LogP contribution is 2.30. The van der Waals surface area contributed by atoms with Crippen LogP contribution in [0.15, 0.2) is 0 Å². The molecule has 0 atom stereocenters. The molecule has 0 spiro atoms. The number of hydrogen-bond donors (Lipinski definition) is 1. The molecule has 16 heavy (non-hydrogen) atoms. The molecule has 94 valence electrons. The molecule has 0 unspecified atom stereocenters. The molecule has 0 bridgehead atoms. The minimum absolute atomic E-state index is 0.0790. The average Bonchev–Trinajstić information content (AvgIpc) is 3.02. The lowest BCUT2D eigenvalue weighted by Gasteiger charge is -2.33. The lowest BCUT2D eigenvalue weighted by atomic mass is 10.3. The lowest BCUT2D eigenvalue weighted by molar-refractivity contribution is 0.182. The number of nitrogens with two attached hydrogens (primary N) is 1. The predicted octanol–water partition coefficient (Wildman–Crippen LogP) is -0.697. The fourth-order valence-electron chi connectivity index (χ4n) is 2.13. The monoisotopic (exact) mass is 247 g/mol. The molecule has 2 rings (SSSR count). The summed E-state index contributed by atoms with van der Waals surface area (Å²) >= 11 is 0. The fraction of sp³-hybridized carbons (Fsp3) is 1.00. The quantitative estimate of drug-likeness (QED) is 0.698. The van der Waals surface area contributed by atoms with Crippen molar-refractivity contribution in [2.45, 2.75) is 12.8 Å². The zero-order valence-corrected chi connectivity index (χ0v) is 10.5. The van der Waals surface area contributed by atoms with Crippen LogP contribution in [0, 0.1) is 5.92 Å². The maximum atomic E-state index is 11.8. The van der Waals surface area contributed by atoms with Crippen molar-refractivity contribution < 1.29 is 8.42 Å². The molecule has 6 heteroatoms. The minimum atomic E-state index is -3.09. The second kappa shape index (κ2) is 5.00. The number of hydrogen-bond acceptors (Lipinski definition) is 4. The molecule has 1 saturated heterocycles. The molecule has 2 fully saturated rings. The molecule has 0 amide bonds. The summed E-state index contributed by atoms with van der Waals surface area (Å²) in [5, 5.41) is 0. The highest BCUT2D eigenvalue weighted by Gasteiger charge is 2.29. The van der Waals surface area contributed by atoms with Gasteiger partial charge < -0.3 is 10.6 Å². The summed E-state index contributed by atoms with van der Waals surface area (Å²) in [5.41, 5.74) is 5.31. The third-order valence-electron chi connectivity index (χ3n) is 3.31. The van der Waals surface area contributed by atoms with E-state index < -0.39 is 10.0 Å². The van der Waals surface area contributed by atoms with Gasteiger partial charge in [0.15, 0.2) is 0 Å². The molecular weight excluding hydrogens is 226 g/mol. The Bertz CT molecular complexity index is 319. The van der Waals surface area contributed by atoms with Gasteiger partial charge in [-0.3, -0.25) is 0 Å². The van der Waals surface area contributed by atoms with Crippen molar-refractivity contribution >= 4 is 10.0 Å². The summed E-state index contributed by atoms with van der Waals surface area (Å²) in [4.78, 5) is 2.38. The maximum absolute atomic E-state index is 11.8. The average molecular weight is 247 g/mol. The summed E-state index contributed by atoms with van der Waals surface area (Å²) in [6, 6.07) is 0. The highest BCUT2D eigenvalue weighted by atomic mass is 32.2. The van der Waals surface area contributed by atoms with Crippen LogP contribution in [-0.4, -0.2) is 62.6 Å². The molecule has 1 heterocycles. The van der Waals surface area contributed by atoms with Crippen LogP contribution >= 0.6 is 0 Å². The third kappa shape index (κ3) is 3.16. The lowest BCUT2D eigenvalue weighted by Crippen LogP contribution is -2.50. The molecule has 2 N–H and O–H groups in total. The van der Waals surface area contributed by atoms with Crippen LogP contribution < -0.4 is 5.73 Å². The molecule has 0 aromatic carbocycles. The Kier molecular flexibility index (Phi) is 3.84. The molecule has 2 aliphatic rings. The normalized spacial score (nSPS) is 24.8. The van der Waals surface area contributed by atoms with Gasteiger partial charge in [-0.2, -0.15) is 4.31 Å². The Balaban J connectivity index is 1.79. The van der Waals surface area contributed by atoms with Gasteiger partial charge in [-0.1, -0.05) is 0 Å². The zero-order valence-electron chi connectivity index (χ0n) is 9.64. The fourth-order valence-corrected chi connectivity index (χ4v) is 3.41. The van der Waals surface area contributed by atoms with Crippen molar-refractivity contribution in [1.82, 2.24) is 9.21 Å². The smallest absolute Gasteiger partial charge is 0.215 e. The topological polar surface area (TPSA) is 66.6 Å². The molecule has 1 saturated carbocycles. The van der Waals surface area contributed by atoms with Gasteiger partial charge >= 0.3 is 0 Å². The van der Waals surface area contributed by atoms with E-state index in [0.717, 1.165) is 25.6 Å². The summed E-state index contributed by atoms with van der Waals surface area (Å²) in [6.45, 7) is 4.39. The van der Waals surface area contributed by atoms with Crippen LogP contribution in [0.5, 0.6) is 0 Å². The molecule has 5 nitrogen and oxygen atoms in total. The Hall–Kier alpha value is -0.170. The van der Waals surface area contributed by atoms with Gasteiger partial charge in [-0.25, -0.2) is 8.42 Å². The molecular formula is C10H21N3O2S. The van der Waals surface area contributed by atoms with Crippen LogP contribution in [0.25, 0.3) is 0 Å². The maximum Gasteiger partial charge on any atom is 0.215 e. The van der Waals surface area contributed by atoms with E-state index >= 15 is 0 Å². The Morgan fingerprint density at radius 1 is 1.12 bits per heavy atom. The van der Waals surface area contributed by atoms with Crippen molar-refractivity contribution in [1.29, 1.82) is 0 Å². The van der Waals surface area contributed by atoms with Gasteiger partial charge in [0, 0.05) is 39.3 Å². The van der Waals surface area contributed by atoms with Crippen LogP contribution in [0.1, 0.15) is 12.8 Å². The largest absolute Gasteiger partial charge is 0.329 e. The van der Waals surface area contributed by atoms with Gasteiger partial charge in [0.05, 0.1) is 5.75 Å². The summed E-state index contributed by atoms with van der Waals surface area (Å²) in [7, 11) is -3.09. The Morgan fingerprint density at radius 3 is 2.25 bits per heavy atom.